The second-order valence-electron chi connectivity index (χ2n) is 7.78. The van der Waals surface area contributed by atoms with Gasteiger partial charge in [0.15, 0.2) is 0 Å². The standard InChI is InChI=1S/C24H29N5O2/c1-5-11-29(16(3)6-2)22-10-8-18(12-19(22)14-30-4)24-27-23(28-31-24)17-7-9-20-21(13-17)26-15-25-20/h7-10,12-13,15-16H,5-6,11,14H2,1-4H3,(H,25,26). The number of hydrogen-bond donors (Lipinski definition) is 1. The fourth-order valence-corrected chi connectivity index (χ4v) is 3.84. The fraction of sp³-hybridized carbons (Fsp3) is 0.375. The summed E-state index contributed by atoms with van der Waals surface area (Å²) in [6.45, 7) is 8.22. The van der Waals surface area contributed by atoms with Gasteiger partial charge >= 0.3 is 0 Å². The van der Waals surface area contributed by atoms with Crippen LogP contribution in [0.25, 0.3) is 33.9 Å². The molecule has 0 saturated carbocycles. The second-order valence-corrected chi connectivity index (χ2v) is 7.78. The van der Waals surface area contributed by atoms with Crippen LogP contribution in [-0.4, -0.2) is 39.8 Å². The molecule has 0 fully saturated rings. The number of anilines is 1. The fourth-order valence-electron chi connectivity index (χ4n) is 3.84. The first kappa shape index (κ1) is 21.1. The van der Waals surface area contributed by atoms with Gasteiger partial charge in [-0.05, 0) is 56.2 Å². The van der Waals surface area contributed by atoms with Gasteiger partial charge in [0.1, 0.15) is 0 Å². The van der Waals surface area contributed by atoms with Gasteiger partial charge in [-0.3, -0.25) is 0 Å². The van der Waals surface area contributed by atoms with Gasteiger partial charge in [0.05, 0.1) is 24.0 Å². The minimum absolute atomic E-state index is 0.453. The first-order valence-electron chi connectivity index (χ1n) is 10.8. The Kier molecular flexibility index (Phi) is 6.32. The Labute approximate surface area is 182 Å². The second kappa shape index (κ2) is 9.31. The lowest BCUT2D eigenvalue weighted by atomic mass is 10.1. The third-order valence-corrected chi connectivity index (χ3v) is 5.63. The van der Waals surface area contributed by atoms with E-state index in [9.17, 15) is 0 Å². The van der Waals surface area contributed by atoms with Gasteiger partial charge in [-0.15, -0.1) is 0 Å². The van der Waals surface area contributed by atoms with E-state index in [1.165, 1.54) is 5.69 Å². The van der Waals surface area contributed by atoms with E-state index >= 15 is 0 Å². The first-order chi connectivity index (χ1) is 15.1. The number of hydrogen-bond acceptors (Lipinski definition) is 6. The minimum Gasteiger partial charge on any atom is -0.380 e. The van der Waals surface area contributed by atoms with Crippen molar-refractivity contribution >= 4 is 16.7 Å². The number of ether oxygens (including phenoxy) is 1. The molecule has 31 heavy (non-hydrogen) atoms. The molecule has 1 atom stereocenters. The molecule has 7 nitrogen and oxygen atoms in total. The van der Waals surface area contributed by atoms with E-state index in [0.717, 1.165) is 47.1 Å². The lowest BCUT2D eigenvalue weighted by Crippen LogP contribution is -2.34. The zero-order valence-corrected chi connectivity index (χ0v) is 18.6. The lowest BCUT2D eigenvalue weighted by molar-refractivity contribution is 0.185. The Balaban J connectivity index is 1.67. The number of imidazole rings is 1. The van der Waals surface area contributed by atoms with Crippen LogP contribution in [0.5, 0.6) is 0 Å². The summed E-state index contributed by atoms with van der Waals surface area (Å²) in [6, 6.07) is 12.6. The largest absolute Gasteiger partial charge is 0.380 e. The zero-order valence-electron chi connectivity index (χ0n) is 18.6. The predicted octanol–water partition coefficient (Wildman–Crippen LogP) is 5.44. The summed E-state index contributed by atoms with van der Waals surface area (Å²) in [6.07, 6.45) is 3.85. The maximum absolute atomic E-state index is 5.61. The van der Waals surface area contributed by atoms with Crippen molar-refractivity contribution in [2.45, 2.75) is 46.3 Å². The Bertz CT molecular complexity index is 1150. The van der Waals surface area contributed by atoms with Crippen LogP contribution in [0, 0.1) is 0 Å². The average Bonchev–Trinajstić information content (AvgIpc) is 3.46. The van der Waals surface area contributed by atoms with Gasteiger partial charge in [-0.1, -0.05) is 19.0 Å². The van der Waals surface area contributed by atoms with Crippen LogP contribution >= 0.6 is 0 Å². The predicted molar refractivity (Wildman–Crippen MR) is 123 cm³/mol. The van der Waals surface area contributed by atoms with Crippen LogP contribution in [-0.2, 0) is 11.3 Å². The molecule has 2 aromatic heterocycles. The quantitative estimate of drug-likeness (QED) is 0.389. The summed E-state index contributed by atoms with van der Waals surface area (Å²) in [5.74, 6) is 1.05. The van der Waals surface area contributed by atoms with E-state index < -0.39 is 0 Å². The molecule has 162 valence electrons. The smallest absolute Gasteiger partial charge is 0.258 e. The summed E-state index contributed by atoms with van der Waals surface area (Å²) in [5.41, 5.74) is 5.93. The Hall–Kier alpha value is -3.19. The van der Waals surface area contributed by atoms with Gasteiger partial charge in [0, 0.05) is 42.1 Å². The van der Waals surface area contributed by atoms with Gasteiger partial charge in [0.2, 0.25) is 5.82 Å². The van der Waals surface area contributed by atoms with Crippen LogP contribution in [0.4, 0.5) is 5.69 Å². The molecule has 0 amide bonds. The van der Waals surface area contributed by atoms with Crippen LogP contribution in [0.15, 0.2) is 47.2 Å². The number of benzene rings is 2. The van der Waals surface area contributed by atoms with Crippen LogP contribution in [0.3, 0.4) is 0 Å². The maximum Gasteiger partial charge on any atom is 0.258 e. The lowest BCUT2D eigenvalue weighted by Gasteiger charge is -2.32. The average molecular weight is 420 g/mol. The monoisotopic (exact) mass is 419 g/mol. The molecule has 0 saturated heterocycles. The highest BCUT2D eigenvalue weighted by atomic mass is 16.5. The summed E-state index contributed by atoms with van der Waals surface area (Å²) < 4.78 is 11.1. The number of H-pyrrole nitrogens is 1. The molecule has 4 aromatic rings. The molecule has 0 bridgehead atoms. The molecule has 2 aromatic carbocycles. The molecular weight excluding hydrogens is 390 g/mol. The van der Waals surface area contributed by atoms with Crippen LogP contribution in [0.1, 0.15) is 39.2 Å². The highest BCUT2D eigenvalue weighted by Gasteiger charge is 2.18. The molecule has 0 spiro atoms. The van der Waals surface area contributed by atoms with E-state index in [0.29, 0.717) is 24.4 Å². The third kappa shape index (κ3) is 4.32. The molecular formula is C24H29N5O2. The molecule has 0 aliphatic heterocycles. The van der Waals surface area contributed by atoms with Crippen LogP contribution in [0.2, 0.25) is 0 Å². The highest BCUT2D eigenvalue weighted by molar-refractivity contribution is 5.80. The number of fused-ring (bicyclic) bond motifs is 1. The van der Waals surface area contributed by atoms with Crippen molar-refractivity contribution < 1.29 is 9.26 Å². The number of rotatable bonds is 9. The van der Waals surface area contributed by atoms with E-state index in [-0.39, 0.29) is 0 Å². The van der Waals surface area contributed by atoms with Crippen molar-refractivity contribution in [1.29, 1.82) is 0 Å². The summed E-state index contributed by atoms with van der Waals surface area (Å²) in [7, 11) is 1.72. The molecule has 4 rings (SSSR count). The molecule has 7 heteroatoms. The Morgan fingerprint density at radius 1 is 1.13 bits per heavy atom. The number of aromatic nitrogens is 4. The van der Waals surface area contributed by atoms with Gasteiger partial charge < -0.3 is 19.1 Å². The highest BCUT2D eigenvalue weighted by Crippen LogP contribution is 2.31. The SMILES string of the molecule is CCCN(c1ccc(-c2nc(-c3ccc4nc[nH]c4c3)no2)cc1COC)C(C)CC. The summed E-state index contributed by atoms with van der Waals surface area (Å²) in [5, 5.41) is 4.20. The Morgan fingerprint density at radius 2 is 1.97 bits per heavy atom. The van der Waals surface area contributed by atoms with Gasteiger partial charge in [0.25, 0.3) is 5.89 Å². The van der Waals surface area contributed by atoms with E-state index in [2.05, 4.69) is 64.0 Å². The molecule has 0 aliphatic rings. The number of aromatic amines is 1. The van der Waals surface area contributed by atoms with E-state index in [4.69, 9.17) is 9.26 Å². The summed E-state index contributed by atoms with van der Waals surface area (Å²) in [4.78, 5) is 14.5. The summed E-state index contributed by atoms with van der Waals surface area (Å²) >= 11 is 0. The number of methoxy groups -OCH3 is 1. The topological polar surface area (TPSA) is 80.1 Å². The van der Waals surface area contributed by atoms with E-state index in [1.807, 2.05) is 18.2 Å². The van der Waals surface area contributed by atoms with Crippen molar-refractivity contribution in [1.82, 2.24) is 20.1 Å². The van der Waals surface area contributed by atoms with Gasteiger partial charge in [-0.25, -0.2) is 4.98 Å². The Morgan fingerprint density at radius 3 is 2.74 bits per heavy atom. The minimum atomic E-state index is 0.453. The zero-order chi connectivity index (χ0) is 21.8. The number of nitrogens with zero attached hydrogens (tertiary/aromatic N) is 4. The van der Waals surface area contributed by atoms with Crippen LogP contribution < -0.4 is 4.90 Å². The van der Waals surface area contributed by atoms with Crippen molar-refractivity contribution in [2.75, 3.05) is 18.6 Å². The molecule has 1 unspecified atom stereocenters. The number of nitrogens with one attached hydrogen (secondary N) is 1. The van der Waals surface area contributed by atoms with Crippen molar-refractivity contribution in [3.8, 4) is 22.8 Å². The van der Waals surface area contributed by atoms with Crippen molar-refractivity contribution in [2.24, 2.45) is 0 Å². The molecule has 0 radical (unpaired) electrons. The van der Waals surface area contributed by atoms with E-state index in [1.54, 1.807) is 13.4 Å². The van der Waals surface area contributed by atoms with Gasteiger partial charge in [-0.2, -0.15) is 4.98 Å². The van der Waals surface area contributed by atoms with Crippen molar-refractivity contribution in [3.05, 3.63) is 48.3 Å². The molecule has 2 heterocycles. The molecule has 1 N–H and O–H groups in total. The first-order valence-corrected chi connectivity index (χ1v) is 10.8. The van der Waals surface area contributed by atoms with Crippen molar-refractivity contribution in [3.63, 3.8) is 0 Å². The maximum atomic E-state index is 5.61. The normalized spacial score (nSPS) is 12.4. The molecule has 0 aliphatic carbocycles. The third-order valence-electron chi connectivity index (χ3n) is 5.63.